The van der Waals surface area contributed by atoms with Gasteiger partial charge in [-0.05, 0) is 64.2 Å². The lowest BCUT2D eigenvalue weighted by molar-refractivity contribution is -0.302. The van der Waals surface area contributed by atoms with Gasteiger partial charge in [0.1, 0.15) is 24.4 Å². The van der Waals surface area contributed by atoms with Crippen molar-refractivity contribution in [1.82, 2.24) is 5.32 Å². The van der Waals surface area contributed by atoms with Crippen molar-refractivity contribution in [3.63, 3.8) is 0 Å². The second-order valence-corrected chi connectivity index (χ2v) is 18.2. The molecule has 11 nitrogen and oxygen atoms in total. The largest absolute Gasteiger partial charge is 0.466 e. The number of carbonyl (C=O) groups excluding carboxylic acids is 2. The first kappa shape index (κ1) is 59.9. The van der Waals surface area contributed by atoms with Gasteiger partial charge < -0.3 is 45.1 Å². The number of aliphatic hydroxyl groups is 5. The van der Waals surface area contributed by atoms with Gasteiger partial charge in [0.25, 0.3) is 0 Å². The first-order valence-electron chi connectivity index (χ1n) is 26.3. The normalized spacial score (nSPS) is 20.1. The molecule has 6 N–H and O–H groups in total. The van der Waals surface area contributed by atoms with Gasteiger partial charge in [-0.3, -0.25) is 9.59 Å². The molecule has 1 aliphatic rings. The van der Waals surface area contributed by atoms with Crippen molar-refractivity contribution in [3.8, 4) is 0 Å². The van der Waals surface area contributed by atoms with Crippen LogP contribution in [0.3, 0.4) is 0 Å². The van der Waals surface area contributed by atoms with Crippen LogP contribution in [0.2, 0.25) is 0 Å². The molecule has 11 heteroatoms. The van der Waals surface area contributed by atoms with Crippen molar-refractivity contribution in [3.05, 3.63) is 36.5 Å². The van der Waals surface area contributed by atoms with Crippen LogP contribution in [0.25, 0.3) is 0 Å². The molecule has 7 unspecified atom stereocenters. The van der Waals surface area contributed by atoms with Crippen LogP contribution in [0, 0.1) is 0 Å². The topological polar surface area (TPSA) is 175 Å². The minimum atomic E-state index is -1.58. The third-order valence-corrected chi connectivity index (χ3v) is 12.2. The highest BCUT2D eigenvalue weighted by Crippen LogP contribution is 2.23. The van der Waals surface area contributed by atoms with Crippen molar-refractivity contribution >= 4 is 11.9 Å². The third kappa shape index (κ3) is 33.4. The Kier molecular flexibility index (Phi) is 40.7. The van der Waals surface area contributed by atoms with Crippen LogP contribution in [-0.4, -0.2) is 100 Å². The molecule has 1 amide bonds. The fourth-order valence-corrected chi connectivity index (χ4v) is 7.99. The summed E-state index contributed by atoms with van der Waals surface area (Å²) >= 11 is 0. The molecule has 0 bridgehead atoms. The summed E-state index contributed by atoms with van der Waals surface area (Å²) < 4.78 is 16.6. The number of amides is 1. The fourth-order valence-electron chi connectivity index (χ4n) is 7.99. The molecule has 0 aromatic carbocycles. The maximum Gasteiger partial charge on any atom is 0.305 e. The zero-order chi connectivity index (χ0) is 46.7. The molecule has 0 aliphatic carbocycles. The number of hydrogen-bond acceptors (Lipinski definition) is 10. The van der Waals surface area contributed by atoms with E-state index in [-0.39, 0.29) is 18.5 Å². The highest BCUT2D eigenvalue weighted by atomic mass is 16.7. The minimum absolute atomic E-state index is 0.0540. The van der Waals surface area contributed by atoms with E-state index in [0.29, 0.717) is 19.4 Å². The molecule has 64 heavy (non-hydrogen) atoms. The van der Waals surface area contributed by atoms with E-state index >= 15 is 0 Å². The molecule has 0 spiro atoms. The molecule has 1 aliphatic heterocycles. The van der Waals surface area contributed by atoms with E-state index in [4.69, 9.17) is 14.2 Å². The molecule has 374 valence electrons. The van der Waals surface area contributed by atoms with Gasteiger partial charge in [-0.25, -0.2) is 0 Å². The summed E-state index contributed by atoms with van der Waals surface area (Å²) in [6.45, 7) is 4.21. The molecule has 0 aromatic rings. The fraction of sp³-hybridized carbons (Fsp3) is 0.849. The van der Waals surface area contributed by atoms with Crippen LogP contribution >= 0.6 is 0 Å². The average molecular weight is 908 g/mol. The summed E-state index contributed by atoms with van der Waals surface area (Å²) in [4.78, 5) is 25.0. The number of carbonyl (C=O) groups is 2. The van der Waals surface area contributed by atoms with Gasteiger partial charge in [0.2, 0.25) is 5.91 Å². The van der Waals surface area contributed by atoms with Crippen LogP contribution < -0.4 is 5.32 Å². The highest BCUT2D eigenvalue weighted by molar-refractivity contribution is 5.76. The lowest BCUT2D eigenvalue weighted by Crippen LogP contribution is -2.60. The standard InChI is InChI=1S/C53H97NO10/c1-3-5-7-9-11-13-14-15-16-17-18-21-25-29-33-37-41-49(58)62-42-38-34-30-26-22-19-20-24-28-32-36-40-48(57)54-45(46(56)39-35-31-27-23-12-10-8-6-4-2)44-63-53-52(61)51(60)50(59)47(43-55)64-53/h13-14,16-17,35,39,45-47,50-53,55-56,59-61H,3-12,15,18-34,36-38,40-44H2,1-2H3,(H,54,57)/b14-13-,17-16-,39-35+. The maximum atomic E-state index is 13.0. The van der Waals surface area contributed by atoms with Gasteiger partial charge in [-0.15, -0.1) is 0 Å². The highest BCUT2D eigenvalue weighted by Gasteiger charge is 2.44. The van der Waals surface area contributed by atoms with Gasteiger partial charge in [-0.2, -0.15) is 0 Å². The number of rotatable bonds is 44. The molecular formula is C53H97NO10. The van der Waals surface area contributed by atoms with Crippen LogP contribution in [0.15, 0.2) is 36.5 Å². The van der Waals surface area contributed by atoms with Crippen molar-refractivity contribution in [2.24, 2.45) is 0 Å². The van der Waals surface area contributed by atoms with E-state index in [0.717, 1.165) is 89.9 Å². The predicted molar refractivity (Wildman–Crippen MR) is 260 cm³/mol. The molecule has 0 radical (unpaired) electrons. The molecule has 1 heterocycles. The monoisotopic (exact) mass is 908 g/mol. The van der Waals surface area contributed by atoms with Crippen LogP contribution in [0.5, 0.6) is 0 Å². The number of hydrogen-bond donors (Lipinski definition) is 6. The lowest BCUT2D eigenvalue weighted by atomic mass is 9.99. The maximum absolute atomic E-state index is 13.0. The van der Waals surface area contributed by atoms with Gasteiger partial charge in [0, 0.05) is 12.8 Å². The summed E-state index contributed by atoms with van der Waals surface area (Å²) in [5, 5.41) is 54.1. The van der Waals surface area contributed by atoms with Crippen molar-refractivity contribution in [2.75, 3.05) is 19.8 Å². The molecule has 7 atom stereocenters. The van der Waals surface area contributed by atoms with Crippen molar-refractivity contribution in [2.45, 2.75) is 269 Å². The number of ether oxygens (including phenoxy) is 3. The zero-order valence-corrected chi connectivity index (χ0v) is 40.7. The van der Waals surface area contributed by atoms with Gasteiger partial charge in [0.05, 0.1) is 32.0 Å². The number of aliphatic hydroxyl groups excluding tert-OH is 5. The molecule has 1 saturated heterocycles. The summed E-state index contributed by atoms with van der Waals surface area (Å²) in [5.74, 6) is -0.259. The molecule has 0 aromatic heterocycles. The zero-order valence-electron chi connectivity index (χ0n) is 40.7. The number of nitrogens with one attached hydrogen (secondary N) is 1. The van der Waals surface area contributed by atoms with Crippen molar-refractivity contribution < 1.29 is 49.3 Å². The minimum Gasteiger partial charge on any atom is -0.466 e. The Morgan fingerprint density at radius 1 is 0.578 bits per heavy atom. The summed E-state index contributed by atoms with van der Waals surface area (Å²) in [6, 6.07) is -0.823. The van der Waals surface area contributed by atoms with Crippen LogP contribution in [-0.2, 0) is 23.8 Å². The Morgan fingerprint density at radius 2 is 1.05 bits per heavy atom. The third-order valence-electron chi connectivity index (χ3n) is 12.2. The molecular weight excluding hydrogens is 811 g/mol. The smallest absolute Gasteiger partial charge is 0.305 e. The molecule has 1 fully saturated rings. The van der Waals surface area contributed by atoms with E-state index in [9.17, 15) is 35.1 Å². The Labute approximate surface area is 390 Å². The lowest BCUT2D eigenvalue weighted by Gasteiger charge is -2.40. The van der Waals surface area contributed by atoms with E-state index in [1.54, 1.807) is 6.08 Å². The van der Waals surface area contributed by atoms with Crippen molar-refractivity contribution in [1.29, 1.82) is 0 Å². The quantitative estimate of drug-likeness (QED) is 0.0196. The number of allylic oxidation sites excluding steroid dienone is 5. The van der Waals surface area contributed by atoms with E-state index in [1.165, 1.54) is 109 Å². The van der Waals surface area contributed by atoms with E-state index in [1.807, 2.05) is 6.08 Å². The summed E-state index contributed by atoms with van der Waals surface area (Å²) in [6.07, 6.45) is 40.8. The molecule has 0 saturated carbocycles. The SMILES string of the molecule is CCCCCC/C=C\C/C=C\CCCCCCCC(=O)OCCCCCCCCCCCCCC(=O)NC(COC1OC(CO)C(O)C(O)C1O)C(O)/C=C/CCCCCCCCC. The Morgan fingerprint density at radius 3 is 1.59 bits per heavy atom. The first-order chi connectivity index (χ1) is 31.2. The van der Waals surface area contributed by atoms with Gasteiger partial charge in [-0.1, -0.05) is 185 Å². The second-order valence-electron chi connectivity index (χ2n) is 18.2. The number of esters is 1. The first-order valence-corrected chi connectivity index (χ1v) is 26.3. The number of unbranched alkanes of at least 4 members (excludes halogenated alkanes) is 26. The van der Waals surface area contributed by atoms with Crippen LogP contribution in [0.4, 0.5) is 0 Å². The van der Waals surface area contributed by atoms with Crippen LogP contribution in [0.1, 0.15) is 226 Å². The Bertz CT molecular complexity index is 1160. The predicted octanol–water partition coefficient (Wildman–Crippen LogP) is 10.8. The average Bonchev–Trinajstić information content (AvgIpc) is 3.29. The Hall–Kier alpha value is -2.12. The summed E-state index contributed by atoms with van der Waals surface area (Å²) in [7, 11) is 0. The summed E-state index contributed by atoms with van der Waals surface area (Å²) in [5.41, 5.74) is 0. The second kappa shape index (κ2) is 43.5. The van der Waals surface area contributed by atoms with Gasteiger partial charge in [0.15, 0.2) is 6.29 Å². The van der Waals surface area contributed by atoms with Gasteiger partial charge >= 0.3 is 5.97 Å². The van der Waals surface area contributed by atoms with E-state index < -0.39 is 49.5 Å². The molecule has 1 rings (SSSR count). The van der Waals surface area contributed by atoms with E-state index in [2.05, 4.69) is 43.5 Å². The Balaban J connectivity index is 2.13.